The molecule has 2 rings (SSSR count). The van der Waals surface area contributed by atoms with Gasteiger partial charge in [-0.15, -0.1) is 0 Å². The number of nitrogens with zero attached hydrogens (tertiary/aromatic N) is 2. The largest absolute Gasteiger partial charge is 0.356 e. The molecule has 120 valence electrons. The predicted molar refractivity (Wildman–Crippen MR) is 82.9 cm³/mol. The predicted octanol–water partition coefficient (Wildman–Crippen LogP) is 1.23. The molecule has 1 unspecified atom stereocenters. The third-order valence-corrected chi connectivity index (χ3v) is 4.98. The zero-order valence-corrected chi connectivity index (χ0v) is 14.0. The molecule has 0 radical (unpaired) electrons. The summed E-state index contributed by atoms with van der Waals surface area (Å²) in [5.41, 5.74) is -0.403. The van der Waals surface area contributed by atoms with Crippen molar-refractivity contribution in [3.8, 4) is 0 Å². The van der Waals surface area contributed by atoms with E-state index in [-0.39, 0.29) is 28.8 Å². The van der Waals surface area contributed by atoms with Gasteiger partial charge in [0, 0.05) is 30.7 Å². The molecule has 2 saturated heterocycles. The van der Waals surface area contributed by atoms with Crippen molar-refractivity contribution in [2.24, 2.45) is 5.92 Å². The van der Waals surface area contributed by atoms with Crippen molar-refractivity contribution >= 4 is 11.8 Å². The summed E-state index contributed by atoms with van der Waals surface area (Å²) in [7, 11) is 0. The number of amides is 2. The Morgan fingerprint density at radius 2 is 1.76 bits per heavy atom. The lowest BCUT2D eigenvalue weighted by Gasteiger charge is -2.50. The molecule has 2 fully saturated rings. The molecule has 0 aromatic heterocycles. The quantitative estimate of drug-likeness (QED) is 0.834. The van der Waals surface area contributed by atoms with Crippen LogP contribution in [0, 0.1) is 5.92 Å². The molecule has 0 spiro atoms. The van der Waals surface area contributed by atoms with E-state index >= 15 is 0 Å². The van der Waals surface area contributed by atoms with E-state index in [0.29, 0.717) is 6.54 Å². The molecule has 1 atom stereocenters. The van der Waals surface area contributed by atoms with E-state index in [0.717, 1.165) is 32.5 Å². The van der Waals surface area contributed by atoms with Gasteiger partial charge in [0.25, 0.3) is 0 Å². The summed E-state index contributed by atoms with van der Waals surface area (Å²) >= 11 is 0. The van der Waals surface area contributed by atoms with Crippen LogP contribution in [-0.4, -0.2) is 58.9 Å². The molecule has 21 heavy (non-hydrogen) atoms. The molecule has 2 amide bonds. The number of piperazine rings is 1. The van der Waals surface area contributed by atoms with Crippen LogP contribution < -0.4 is 5.32 Å². The molecule has 2 aliphatic rings. The number of nitrogens with one attached hydrogen (secondary N) is 1. The van der Waals surface area contributed by atoms with E-state index in [1.165, 1.54) is 0 Å². The molecule has 0 aromatic rings. The first-order valence-electron chi connectivity index (χ1n) is 7.97. The second-order valence-electron chi connectivity index (χ2n) is 7.78. The van der Waals surface area contributed by atoms with Crippen LogP contribution in [0.25, 0.3) is 0 Å². The minimum absolute atomic E-state index is 0.0276. The second kappa shape index (κ2) is 5.59. The van der Waals surface area contributed by atoms with Crippen molar-refractivity contribution < 1.29 is 9.59 Å². The highest BCUT2D eigenvalue weighted by Crippen LogP contribution is 2.32. The minimum Gasteiger partial charge on any atom is -0.356 e. The van der Waals surface area contributed by atoms with Gasteiger partial charge in [-0.2, -0.15) is 0 Å². The SMILES string of the molecule is CC(C)(C)N1CCN(C(C)(C)C2CCCNC2=O)CC1=O. The van der Waals surface area contributed by atoms with Gasteiger partial charge in [-0.25, -0.2) is 0 Å². The van der Waals surface area contributed by atoms with E-state index in [1.54, 1.807) is 0 Å². The van der Waals surface area contributed by atoms with Crippen molar-refractivity contribution in [1.82, 2.24) is 15.1 Å². The Morgan fingerprint density at radius 3 is 2.29 bits per heavy atom. The normalized spacial score (nSPS) is 26.0. The van der Waals surface area contributed by atoms with Crippen LogP contribution in [0.1, 0.15) is 47.5 Å². The van der Waals surface area contributed by atoms with Crippen LogP contribution in [0.2, 0.25) is 0 Å². The third-order valence-electron chi connectivity index (χ3n) is 4.98. The Bertz CT molecular complexity index is 426. The van der Waals surface area contributed by atoms with Gasteiger partial charge in [-0.1, -0.05) is 0 Å². The third kappa shape index (κ3) is 3.23. The number of hydrogen-bond acceptors (Lipinski definition) is 3. The van der Waals surface area contributed by atoms with Gasteiger partial charge in [-0.05, 0) is 47.5 Å². The smallest absolute Gasteiger partial charge is 0.237 e. The lowest BCUT2D eigenvalue weighted by molar-refractivity contribution is -0.148. The Labute approximate surface area is 128 Å². The molecular formula is C16H29N3O2. The van der Waals surface area contributed by atoms with Gasteiger partial charge in [0.05, 0.1) is 12.5 Å². The fourth-order valence-electron chi connectivity index (χ4n) is 3.54. The highest BCUT2D eigenvalue weighted by molar-refractivity contribution is 5.82. The summed E-state index contributed by atoms with van der Waals surface area (Å²) in [5.74, 6) is 0.273. The molecule has 0 aromatic carbocycles. The fraction of sp³-hybridized carbons (Fsp3) is 0.875. The molecule has 1 N–H and O–H groups in total. The molecule has 2 heterocycles. The van der Waals surface area contributed by atoms with Crippen LogP contribution in [-0.2, 0) is 9.59 Å². The molecule has 5 nitrogen and oxygen atoms in total. The monoisotopic (exact) mass is 295 g/mol. The lowest BCUT2D eigenvalue weighted by Crippen LogP contribution is -2.64. The average molecular weight is 295 g/mol. The number of rotatable bonds is 2. The maximum absolute atomic E-state index is 12.4. The Kier molecular flexibility index (Phi) is 4.34. The van der Waals surface area contributed by atoms with Gasteiger partial charge in [-0.3, -0.25) is 14.5 Å². The highest BCUT2D eigenvalue weighted by atomic mass is 16.2. The van der Waals surface area contributed by atoms with Crippen LogP contribution in [0.15, 0.2) is 0 Å². The van der Waals surface area contributed by atoms with Crippen LogP contribution in [0.5, 0.6) is 0 Å². The van der Waals surface area contributed by atoms with Gasteiger partial charge in [0.2, 0.25) is 11.8 Å². The Hall–Kier alpha value is -1.10. The standard InChI is InChI=1S/C16H29N3O2/c1-15(2,3)19-10-9-18(11-13(19)20)16(4,5)12-7-6-8-17-14(12)21/h12H,6-11H2,1-5H3,(H,17,21). The first-order valence-corrected chi connectivity index (χ1v) is 7.97. The second-order valence-corrected chi connectivity index (χ2v) is 7.78. The van der Waals surface area contributed by atoms with Crippen molar-refractivity contribution in [2.45, 2.75) is 58.5 Å². The fourth-order valence-corrected chi connectivity index (χ4v) is 3.54. The number of carbonyl (C=O) groups is 2. The number of hydrogen-bond donors (Lipinski definition) is 1. The van der Waals surface area contributed by atoms with E-state index in [4.69, 9.17) is 0 Å². The molecule has 0 aliphatic carbocycles. The van der Waals surface area contributed by atoms with Gasteiger partial charge >= 0.3 is 0 Å². The summed E-state index contributed by atoms with van der Waals surface area (Å²) in [6.45, 7) is 13.2. The summed E-state index contributed by atoms with van der Waals surface area (Å²) in [6.07, 6.45) is 1.93. The Morgan fingerprint density at radius 1 is 1.10 bits per heavy atom. The number of piperidine rings is 1. The van der Waals surface area contributed by atoms with E-state index in [9.17, 15) is 9.59 Å². The Balaban J connectivity index is 2.09. The molecule has 0 saturated carbocycles. The lowest BCUT2D eigenvalue weighted by atomic mass is 9.79. The molecular weight excluding hydrogens is 266 g/mol. The van der Waals surface area contributed by atoms with E-state index < -0.39 is 0 Å². The summed E-state index contributed by atoms with van der Waals surface area (Å²) < 4.78 is 0. The van der Waals surface area contributed by atoms with Crippen molar-refractivity contribution in [3.05, 3.63) is 0 Å². The topological polar surface area (TPSA) is 52.6 Å². The van der Waals surface area contributed by atoms with Gasteiger partial charge in [0.1, 0.15) is 0 Å². The highest BCUT2D eigenvalue weighted by Gasteiger charge is 2.44. The van der Waals surface area contributed by atoms with Crippen molar-refractivity contribution in [1.29, 1.82) is 0 Å². The van der Waals surface area contributed by atoms with Crippen LogP contribution in [0.3, 0.4) is 0 Å². The summed E-state index contributed by atoms with van der Waals surface area (Å²) in [6, 6.07) is 0. The van der Waals surface area contributed by atoms with Crippen LogP contribution in [0.4, 0.5) is 0 Å². The average Bonchev–Trinajstić information content (AvgIpc) is 2.37. The van der Waals surface area contributed by atoms with E-state index in [1.807, 2.05) is 4.90 Å². The van der Waals surface area contributed by atoms with Crippen LogP contribution >= 0.6 is 0 Å². The summed E-state index contributed by atoms with van der Waals surface area (Å²) in [4.78, 5) is 28.7. The van der Waals surface area contributed by atoms with Gasteiger partial charge < -0.3 is 10.2 Å². The maximum atomic E-state index is 12.4. The minimum atomic E-state index is -0.274. The molecule has 0 bridgehead atoms. The molecule has 2 aliphatic heterocycles. The van der Waals surface area contributed by atoms with E-state index in [2.05, 4.69) is 44.8 Å². The first kappa shape index (κ1) is 16.3. The summed E-state index contributed by atoms with van der Waals surface area (Å²) in [5, 5.41) is 2.96. The zero-order valence-electron chi connectivity index (χ0n) is 14.0. The van der Waals surface area contributed by atoms with Crippen molar-refractivity contribution in [3.63, 3.8) is 0 Å². The molecule has 5 heteroatoms. The number of carbonyl (C=O) groups excluding carboxylic acids is 2. The first-order chi connectivity index (χ1) is 9.64. The zero-order chi connectivity index (χ0) is 15.8. The maximum Gasteiger partial charge on any atom is 0.237 e. The van der Waals surface area contributed by atoms with Crippen molar-refractivity contribution in [2.75, 3.05) is 26.2 Å². The van der Waals surface area contributed by atoms with Gasteiger partial charge in [0.15, 0.2) is 0 Å².